The molecule has 0 saturated heterocycles. The summed E-state index contributed by atoms with van der Waals surface area (Å²) in [6.07, 6.45) is -3.80. The molecule has 0 fully saturated rings. The minimum Gasteiger partial charge on any atom is -0.406 e. The van der Waals surface area contributed by atoms with Crippen molar-refractivity contribution in [1.29, 1.82) is 0 Å². The van der Waals surface area contributed by atoms with Crippen molar-refractivity contribution in [2.75, 3.05) is 25.1 Å². The van der Waals surface area contributed by atoms with E-state index in [0.717, 1.165) is 12.1 Å². The van der Waals surface area contributed by atoms with Crippen LogP contribution in [0.2, 0.25) is 0 Å². The van der Waals surface area contributed by atoms with Gasteiger partial charge in [0.05, 0.1) is 0 Å². The van der Waals surface area contributed by atoms with Gasteiger partial charge < -0.3 is 14.8 Å². The van der Waals surface area contributed by atoms with Crippen LogP contribution in [-0.2, 0) is 4.74 Å². The van der Waals surface area contributed by atoms with Crippen LogP contribution in [0.25, 0.3) is 0 Å². The number of nitrogens with one attached hydrogen (secondary N) is 1. The van der Waals surface area contributed by atoms with E-state index in [9.17, 15) is 13.2 Å². The Hall–Kier alpha value is -1.43. The quantitative estimate of drug-likeness (QED) is 0.764. The fraction of sp³-hybridized carbons (Fsp3) is 0.500. The Morgan fingerprint density at radius 3 is 2.39 bits per heavy atom. The van der Waals surface area contributed by atoms with Crippen LogP contribution in [0.4, 0.5) is 18.9 Å². The first kappa shape index (κ1) is 14.6. The molecule has 18 heavy (non-hydrogen) atoms. The van der Waals surface area contributed by atoms with Crippen LogP contribution < -0.4 is 10.1 Å². The molecule has 1 rings (SSSR count). The standard InChI is InChI=1S/C12H16F3NO2/c1-2-17-9-3-8-16-10-4-6-11(7-5-10)18-12(13,14)15/h4-7,16H,2-3,8-9H2,1H3. The minimum absolute atomic E-state index is 0.220. The number of hydrogen-bond acceptors (Lipinski definition) is 3. The van der Waals surface area contributed by atoms with E-state index < -0.39 is 6.36 Å². The van der Waals surface area contributed by atoms with Crippen LogP contribution >= 0.6 is 0 Å². The highest BCUT2D eigenvalue weighted by molar-refractivity contribution is 5.46. The molecule has 0 aliphatic rings. The Labute approximate surface area is 104 Å². The molecular weight excluding hydrogens is 247 g/mol. The Kier molecular flexibility index (Phi) is 5.77. The molecule has 0 saturated carbocycles. The predicted octanol–water partition coefficient (Wildman–Crippen LogP) is 3.42. The van der Waals surface area contributed by atoms with Crippen molar-refractivity contribution in [3.05, 3.63) is 24.3 Å². The zero-order valence-corrected chi connectivity index (χ0v) is 10.1. The highest BCUT2D eigenvalue weighted by Gasteiger charge is 2.30. The van der Waals surface area contributed by atoms with Gasteiger partial charge in [-0.05, 0) is 37.6 Å². The van der Waals surface area contributed by atoms with E-state index in [1.54, 1.807) is 12.1 Å². The van der Waals surface area contributed by atoms with Crippen molar-refractivity contribution < 1.29 is 22.6 Å². The molecule has 0 radical (unpaired) electrons. The maximum Gasteiger partial charge on any atom is 0.573 e. The summed E-state index contributed by atoms with van der Waals surface area (Å²) < 4.78 is 44.7. The first-order valence-electron chi connectivity index (χ1n) is 5.68. The van der Waals surface area contributed by atoms with Crippen molar-refractivity contribution >= 4 is 5.69 Å². The summed E-state index contributed by atoms with van der Waals surface area (Å²) in [7, 11) is 0. The molecule has 0 bridgehead atoms. The second-order valence-corrected chi connectivity index (χ2v) is 3.55. The van der Waals surface area contributed by atoms with Gasteiger partial charge in [0.25, 0.3) is 0 Å². The van der Waals surface area contributed by atoms with Gasteiger partial charge in [0, 0.05) is 25.4 Å². The molecule has 1 N–H and O–H groups in total. The summed E-state index contributed by atoms with van der Waals surface area (Å²) >= 11 is 0. The van der Waals surface area contributed by atoms with E-state index in [4.69, 9.17) is 4.74 Å². The molecule has 0 spiro atoms. The summed E-state index contributed by atoms with van der Waals surface area (Å²) in [5, 5.41) is 3.08. The maximum absolute atomic E-state index is 11.9. The van der Waals surface area contributed by atoms with E-state index in [1.165, 1.54) is 12.1 Å². The molecular formula is C12H16F3NO2. The third kappa shape index (κ3) is 6.34. The highest BCUT2D eigenvalue weighted by Crippen LogP contribution is 2.23. The fourth-order valence-electron chi connectivity index (χ4n) is 1.33. The zero-order chi connectivity index (χ0) is 13.4. The van der Waals surface area contributed by atoms with Crippen molar-refractivity contribution in [2.45, 2.75) is 19.7 Å². The monoisotopic (exact) mass is 263 g/mol. The predicted molar refractivity (Wildman–Crippen MR) is 62.7 cm³/mol. The maximum atomic E-state index is 11.9. The first-order valence-corrected chi connectivity index (χ1v) is 5.68. The van der Waals surface area contributed by atoms with Gasteiger partial charge in [-0.25, -0.2) is 0 Å². The molecule has 0 aliphatic carbocycles. The van der Waals surface area contributed by atoms with Crippen LogP contribution in [0.15, 0.2) is 24.3 Å². The molecule has 0 amide bonds. The van der Waals surface area contributed by atoms with Gasteiger partial charge in [-0.3, -0.25) is 0 Å². The second-order valence-electron chi connectivity index (χ2n) is 3.55. The van der Waals surface area contributed by atoms with Crippen LogP contribution in [0.5, 0.6) is 5.75 Å². The van der Waals surface area contributed by atoms with Crippen molar-refractivity contribution in [3.63, 3.8) is 0 Å². The first-order chi connectivity index (χ1) is 8.51. The number of halogens is 3. The Bertz CT molecular complexity index is 338. The van der Waals surface area contributed by atoms with Gasteiger partial charge in [0.1, 0.15) is 5.75 Å². The van der Waals surface area contributed by atoms with Crippen molar-refractivity contribution in [3.8, 4) is 5.75 Å². The number of anilines is 1. The number of hydrogen-bond donors (Lipinski definition) is 1. The van der Waals surface area contributed by atoms with E-state index in [-0.39, 0.29) is 5.75 Å². The van der Waals surface area contributed by atoms with Crippen LogP contribution in [0.3, 0.4) is 0 Å². The Morgan fingerprint density at radius 2 is 1.83 bits per heavy atom. The topological polar surface area (TPSA) is 30.5 Å². The highest BCUT2D eigenvalue weighted by atomic mass is 19.4. The molecule has 1 aromatic carbocycles. The van der Waals surface area contributed by atoms with E-state index >= 15 is 0 Å². The van der Waals surface area contributed by atoms with Gasteiger partial charge in [-0.15, -0.1) is 13.2 Å². The van der Waals surface area contributed by atoms with Gasteiger partial charge >= 0.3 is 6.36 Å². The average Bonchev–Trinajstić information content (AvgIpc) is 2.29. The lowest BCUT2D eigenvalue weighted by Crippen LogP contribution is -2.17. The van der Waals surface area contributed by atoms with Crippen LogP contribution in [-0.4, -0.2) is 26.1 Å². The van der Waals surface area contributed by atoms with Gasteiger partial charge in [-0.1, -0.05) is 0 Å². The molecule has 0 unspecified atom stereocenters. The molecule has 102 valence electrons. The van der Waals surface area contributed by atoms with Crippen molar-refractivity contribution in [2.24, 2.45) is 0 Å². The smallest absolute Gasteiger partial charge is 0.406 e. The van der Waals surface area contributed by atoms with Crippen LogP contribution in [0.1, 0.15) is 13.3 Å². The summed E-state index contributed by atoms with van der Waals surface area (Å²) in [5.74, 6) is -0.220. The number of rotatable bonds is 7. The third-order valence-electron chi connectivity index (χ3n) is 2.09. The zero-order valence-electron chi connectivity index (χ0n) is 10.1. The minimum atomic E-state index is -4.65. The number of alkyl halides is 3. The lowest BCUT2D eigenvalue weighted by molar-refractivity contribution is -0.274. The van der Waals surface area contributed by atoms with Gasteiger partial charge in [-0.2, -0.15) is 0 Å². The van der Waals surface area contributed by atoms with Crippen molar-refractivity contribution in [1.82, 2.24) is 0 Å². The SMILES string of the molecule is CCOCCCNc1ccc(OC(F)(F)F)cc1. The molecule has 1 aromatic rings. The lowest BCUT2D eigenvalue weighted by atomic mass is 10.3. The molecule has 0 atom stereocenters. The van der Waals surface area contributed by atoms with E-state index in [0.29, 0.717) is 19.8 Å². The van der Waals surface area contributed by atoms with Gasteiger partial charge in [0.2, 0.25) is 0 Å². The summed E-state index contributed by atoms with van der Waals surface area (Å²) in [6.45, 7) is 3.98. The van der Waals surface area contributed by atoms with Gasteiger partial charge in [0.15, 0.2) is 0 Å². The third-order valence-corrected chi connectivity index (χ3v) is 2.09. The molecule has 0 aliphatic heterocycles. The average molecular weight is 263 g/mol. The second kappa shape index (κ2) is 7.10. The Morgan fingerprint density at radius 1 is 1.17 bits per heavy atom. The summed E-state index contributed by atoms with van der Waals surface area (Å²) in [4.78, 5) is 0. The lowest BCUT2D eigenvalue weighted by Gasteiger charge is -2.10. The van der Waals surface area contributed by atoms with E-state index in [2.05, 4.69) is 10.1 Å². The van der Waals surface area contributed by atoms with Crippen LogP contribution in [0, 0.1) is 0 Å². The molecule has 0 heterocycles. The molecule has 0 aromatic heterocycles. The number of ether oxygens (including phenoxy) is 2. The summed E-state index contributed by atoms with van der Waals surface area (Å²) in [6, 6.07) is 5.64. The normalized spacial score (nSPS) is 11.3. The Balaban J connectivity index is 2.32. The fourth-order valence-corrected chi connectivity index (χ4v) is 1.33. The summed E-state index contributed by atoms with van der Waals surface area (Å²) in [5.41, 5.74) is 0.751. The number of benzene rings is 1. The molecule has 3 nitrogen and oxygen atoms in total. The molecule has 6 heteroatoms. The largest absolute Gasteiger partial charge is 0.573 e. The van der Waals surface area contributed by atoms with E-state index in [1.807, 2.05) is 6.92 Å².